The van der Waals surface area contributed by atoms with Gasteiger partial charge in [-0.05, 0) is 51.5 Å². The lowest BCUT2D eigenvalue weighted by atomic mass is 9.95. The summed E-state index contributed by atoms with van der Waals surface area (Å²) in [6.07, 6.45) is 7.51. The van der Waals surface area contributed by atoms with Crippen molar-refractivity contribution in [3.8, 4) is 0 Å². The lowest BCUT2D eigenvalue weighted by molar-refractivity contribution is -0.159. The first kappa shape index (κ1) is 18.2. The molecule has 2 rings (SSSR count). The normalized spacial score (nSPS) is 19.3. The van der Waals surface area contributed by atoms with Crippen LogP contribution in [0.1, 0.15) is 45.1 Å². The molecule has 24 heavy (non-hydrogen) atoms. The van der Waals surface area contributed by atoms with Crippen LogP contribution in [0.2, 0.25) is 0 Å². The summed E-state index contributed by atoms with van der Waals surface area (Å²) >= 11 is 0. The highest BCUT2D eigenvalue weighted by atomic mass is 16.5. The molecule has 0 saturated heterocycles. The second-order valence-electron chi connectivity index (χ2n) is 6.49. The minimum Gasteiger partial charge on any atom is -0.452 e. The average Bonchev–Trinajstić information content (AvgIpc) is 2.61. The number of hydrogen-bond acceptors (Lipinski definition) is 3. The molecule has 1 aromatic rings. The molecule has 0 aliphatic heterocycles. The van der Waals surface area contributed by atoms with E-state index in [-0.39, 0.29) is 23.8 Å². The molecule has 0 aromatic heterocycles. The summed E-state index contributed by atoms with van der Waals surface area (Å²) in [7, 11) is 0. The molecule has 0 bridgehead atoms. The summed E-state index contributed by atoms with van der Waals surface area (Å²) in [6.45, 7) is 3.61. The zero-order valence-electron chi connectivity index (χ0n) is 14.5. The van der Waals surface area contributed by atoms with Crippen molar-refractivity contribution in [2.75, 3.05) is 0 Å². The smallest absolute Gasteiger partial charge is 0.310 e. The Bertz CT molecular complexity index is 568. The molecule has 0 fully saturated rings. The van der Waals surface area contributed by atoms with Gasteiger partial charge in [-0.1, -0.05) is 42.5 Å². The van der Waals surface area contributed by atoms with Gasteiger partial charge in [-0.15, -0.1) is 0 Å². The van der Waals surface area contributed by atoms with E-state index in [2.05, 4.69) is 23.5 Å². The number of aryl methyl sites for hydroxylation is 1. The van der Waals surface area contributed by atoms with Gasteiger partial charge in [0.05, 0.1) is 5.92 Å². The van der Waals surface area contributed by atoms with Gasteiger partial charge in [0.25, 0.3) is 5.91 Å². The van der Waals surface area contributed by atoms with Crippen molar-refractivity contribution in [2.24, 2.45) is 5.92 Å². The monoisotopic (exact) mass is 329 g/mol. The molecule has 0 unspecified atom stereocenters. The number of allylic oxidation sites excluding steroid dienone is 2. The predicted octanol–water partition coefficient (Wildman–Crippen LogP) is 3.41. The van der Waals surface area contributed by atoms with Crippen molar-refractivity contribution < 1.29 is 14.3 Å². The van der Waals surface area contributed by atoms with Gasteiger partial charge in [0.2, 0.25) is 0 Å². The summed E-state index contributed by atoms with van der Waals surface area (Å²) in [4.78, 5) is 24.3. The van der Waals surface area contributed by atoms with Crippen molar-refractivity contribution in [1.82, 2.24) is 5.32 Å². The summed E-state index contributed by atoms with van der Waals surface area (Å²) in [5, 5.41) is 2.93. The van der Waals surface area contributed by atoms with E-state index in [1.165, 1.54) is 5.56 Å². The molecular weight excluding hydrogens is 302 g/mol. The molecule has 130 valence electrons. The molecule has 0 saturated carbocycles. The summed E-state index contributed by atoms with van der Waals surface area (Å²) in [6, 6.07) is 10.2. The Hall–Kier alpha value is -2.10. The third kappa shape index (κ3) is 5.84. The number of esters is 1. The summed E-state index contributed by atoms with van der Waals surface area (Å²) in [5.41, 5.74) is 1.25. The van der Waals surface area contributed by atoms with Gasteiger partial charge >= 0.3 is 5.97 Å². The highest BCUT2D eigenvalue weighted by Gasteiger charge is 2.25. The minimum atomic E-state index is -0.748. The van der Waals surface area contributed by atoms with E-state index < -0.39 is 6.10 Å². The van der Waals surface area contributed by atoms with Crippen LogP contribution in [0.25, 0.3) is 0 Å². The SMILES string of the molecule is C[C@H](CCc1ccccc1)NC(=O)[C@@H](C)OC(=O)[C@H]1CC=CCC1. The molecular formula is C20H27NO3. The molecule has 4 heteroatoms. The maximum Gasteiger partial charge on any atom is 0.310 e. The Balaban J connectivity index is 1.72. The van der Waals surface area contributed by atoms with Crippen molar-refractivity contribution in [1.29, 1.82) is 0 Å². The van der Waals surface area contributed by atoms with Crippen molar-refractivity contribution >= 4 is 11.9 Å². The minimum absolute atomic E-state index is 0.0384. The van der Waals surface area contributed by atoms with Gasteiger partial charge in [0.1, 0.15) is 0 Å². The van der Waals surface area contributed by atoms with Gasteiger partial charge in [-0.2, -0.15) is 0 Å². The lowest BCUT2D eigenvalue weighted by Gasteiger charge is -2.21. The van der Waals surface area contributed by atoms with Gasteiger partial charge in [-0.3, -0.25) is 9.59 Å². The van der Waals surface area contributed by atoms with Crippen LogP contribution in [0.4, 0.5) is 0 Å². The van der Waals surface area contributed by atoms with Gasteiger partial charge in [0, 0.05) is 6.04 Å². The number of hydrogen-bond donors (Lipinski definition) is 1. The van der Waals surface area contributed by atoms with Crippen molar-refractivity contribution in [3.05, 3.63) is 48.0 Å². The first-order valence-corrected chi connectivity index (χ1v) is 8.76. The first-order valence-electron chi connectivity index (χ1n) is 8.76. The van der Waals surface area contributed by atoms with E-state index in [0.29, 0.717) is 6.42 Å². The number of amides is 1. The number of ether oxygens (including phenoxy) is 1. The number of benzene rings is 1. The van der Waals surface area contributed by atoms with Gasteiger partial charge < -0.3 is 10.1 Å². The van der Waals surface area contributed by atoms with Crippen molar-refractivity contribution in [2.45, 2.75) is 58.1 Å². The fourth-order valence-electron chi connectivity index (χ4n) is 2.79. The topological polar surface area (TPSA) is 55.4 Å². The maximum atomic E-state index is 12.2. The summed E-state index contributed by atoms with van der Waals surface area (Å²) in [5.74, 6) is -0.602. The standard InChI is InChI=1S/C20H27NO3/c1-15(13-14-17-9-5-3-6-10-17)21-19(22)16(2)24-20(23)18-11-7-4-8-12-18/h3-7,9-10,15-16,18H,8,11-14H2,1-2H3,(H,21,22)/t15-,16-,18+/m1/s1. The van der Waals surface area contributed by atoms with E-state index in [1.807, 2.05) is 31.2 Å². The van der Waals surface area contributed by atoms with Gasteiger partial charge in [0.15, 0.2) is 6.10 Å². The molecule has 3 atom stereocenters. The van der Waals surface area contributed by atoms with Crippen LogP contribution in [0.3, 0.4) is 0 Å². The first-order chi connectivity index (χ1) is 11.6. The van der Waals surface area contributed by atoms with E-state index in [4.69, 9.17) is 4.74 Å². The van der Waals surface area contributed by atoms with E-state index in [0.717, 1.165) is 25.7 Å². The molecule has 1 aliphatic rings. The highest BCUT2D eigenvalue weighted by molar-refractivity contribution is 5.84. The molecule has 0 heterocycles. The Kier molecular flexibility index (Phi) is 7.04. The predicted molar refractivity (Wildman–Crippen MR) is 94.4 cm³/mol. The number of rotatable bonds is 7. The van der Waals surface area contributed by atoms with Gasteiger partial charge in [-0.25, -0.2) is 0 Å². The van der Waals surface area contributed by atoms with Crippen LogP contribution in [-0.4, -0.2) is 24.0 Å². The number of carbonyl (C=O) groups excluding carboxylic acids is 2. The molecule has 1 aromatic carbocycles. The Morgan fingerprint density at radius 1 is 1.21 bits per heavy atom. The Morgan fingerprint density at radius 2 is 1.96 bits per heavy atom. The fourth-order valence-corrected chi connectivity index (χ4v) is 2.79. The maximum absolute atomic E-state index is 12.2. The zero-order chi connectivity index (χ0) is 17.4. The Morgan fingerprint density at radius 3 is 2.62 bits per heavy atom. The molecule has 1 N–H and O–H groups in total. The lowest BCUT2D eigenvalue weighted by Crippen LogP contribution is -2.41. The summed E-state index contributed by atoms with van der Waals surface area (Å²) < 4.78 is 5.33. The second-order valence-corrected chi connectivity index (χ2v) is 6.49. The van der Waals surface area contributed by atoms with Crippen LogP contribution in [-0.2, 0) is 20.7 Å². The Labute approximate surface area is 144 Å². The van der Waals surface area contributed by atoms with Crippen LogP contribution >= 0.6 is 0 Å². The second kappa shape index (κ2) is 9.26. The molecule has 4 nitrogen and oxygen atoms in total. The van der Waals surface area contributed by atoms with Crippen LogP contribution in [0.15, 0.2) is 42.5 Å². The van der Waals surface area contributed by atoms with Crippen LogP contribution < -0.4 is 5.32 Å². The largest absolute Gasteiger partial charge is 0.452 e. The zero-order valence-corrected chi connectivity index (χ0v) is 14.5. The quantitative estimate of drug-likeness (QED) is 0.616. The highest BCUT2D eigenvalue weighted by Crippen LogP contribution is 2.20. The molecule has 1 amide bonds. The molecule has 1 aliphatic carbocycles. The van der Waals surface area contributed by atoms with E-state index in [9.17, 15) is 9.59 Å². The number of nitrogens with one attached hydrogen (secondary N) is 1. The van der Waals surface area contributed by atoms with Crippen LogP contribution in [0, 0.1) is 5.92 Å². The van der Waals surface area contributed by atoms with E-state index in [1.54, 1.807) is 6.92 Å². The van der Waals surface area contributed by atoms with E-state index >= 15 is 0 Å². The fraction of sp³-hybridized carbons (Fsp3) is 0.500. The van der Waals surface area contributed by atoms with Crippen LogP contribution in [0.5, 0.6) is 0 Å². The molecule has 0 spiro atoms. The number of carbonyl (C=O) groups is 2. The average molecular weight is 329 g/mol. The third-order valence-corrected chi connectivity index (χ3v) is 4.36. The third-order valence-electron chi connectivity index (χ3n) is 4.36. The molecule has 0 radical (unpaired) electrons. The van der Waals surface area contributed by atoms with Crippen molar-refractivity contribution in [3.63, 3.8) is 0 Å².